The largest absolute Gasteiger partial charge is 0.497 e. The molecule has 1 saturated carbocycles. The maximum Gasteiger partial charge on any atom is 0.224 e. The normalized spacial score (nSPS) is 21.6. The van der Waals surface area contributed by atoms with Crippen LogP contribution in [-0.2, 0) is 11.2 Å². The molecule has 1 amide bonds. The summed E-state index contributed by atoms with van der Waals surface area (Å²) in [6.07, 6.45) is 5.26. The van der Waals surface area contributed by atoms with Crippen LogP contribution >= 0.6 is 0 Å². The third-order valence-electron chi connectivity index (χ3n) is 4.38. The molecule has 0 radical (unpaired) electrons. The van der Waals surface area contributed by atoms with Gasteiger partial charge in [-0.3, -0.25) is 4.79 Å². The summed E-state index contributed by atoms with van der Waals surface area (Å²) in [5.41, 5.74) is 1.03. The van der Waals surface area contributed by atoms with Crippen molar-refractivity contribution in [3.8, 4) is 5.75 Å². The van der Waals surface area contributed by atoms with Crippen molar-refractivity contribution in [3.05, 3.63) is 29.8 Å². The number of carbonyl (C=O) groups is 1. The van der Waals surface area contributed by atoms with Crippen LogP contribution in [0.1, 0.15) is 31.2 Å². The van der Waals surface area contributed by atoms with Crippen molar-refractivity contribution in [1.82, 2.24) is 10.2 Å². The molecule has 122 valence electrons. The van der Waals surface area contributed by atoms with Crippen LogP contribution in [0.4, 0.5) is 0 Å². The van der Waals surface area contributed by atoms with Gasteiger partial charge < -0.3 is 15.0 Å². The molecule has 0 spiro atoms. The Hall–Kier alpha value is -1.55. The topological polar surface area (TPSA) is 41.6 Å². The molecule has 2 rings (SSSR count). The summed E-state index contributed by atoms with van der Waals surface area (Å²) in [6, 6.07) is 8.03. The van der Waals surface area contributed by atoms with Gasteiger partial charge >= 0.3 is 0 Å². The third kappa shape index (κ3) is 5.02. The van der Waals surface area contributed by atoms with Gasteiger partial charge in [0.25, 0.3) is 0 Å². The van der Waals surface area contributed by atoms with Crippen LogP contribution < -0.4 is 10.1 Å². The average molecular weight is 304 g/mol. The molecule has 0 saturated heterocycles. The first kappa shape index (κ1) is 16.8. The van der Waals surface area contributed by atoms with Crippen LogP contribution in [0.15, 0.2) is 24.3 Å². The van der Waals surface area contributed by atoms with Crippen molar-refractivity contribution in [3.63, 3.8) is 0 Å². The Morgan fingerprint density at radius 3 is 2.55 bits per heavy atom. The first-order valence-electron chi connectivity index (χ1n) is 8.15. The zero-order chi connectivity index (χ0) is 15.9. The number of amides is 1. The van der Waals surface area contributed by atoms with Crippen LogP contribution in [0.25, 0.3) is 0 Å². The van der Waals surface area contributed by atoms with Crippen molar-refractivity contribution in [2.75, 3.05) is 27.7 Å². The predicted molar refractivity (Wildman–Crippen MR) is 89.1 cm³/mol. The van der Waals surface area contributed by atoms with E-state index < -0.39 is 0 Å². The van der Waals surface area contributed by atoms with E-state index in [2.05, 4.69) is 24.3 Å². The highest BCUT2D eigenvalue weighted by molar-refractivity contribution is 5.78. The SMILES string of the molecule is COc1ccc(CC(=O)NC2CCCCC2CN(C)C)cc1. The Morgan fingerprint density at radius 1 is 1.23 bits per heavy atom. The molecular weight excluding hydrogens is 276 g/mol. The molecule has 1 fully saturated rings. The molecule has 1 aromatic carbocycles. The molecule has 0 bridgehead atoms. The second-order valence-corrected chi connectivity index (χ2v) is 6.51. The van der Waals surface area contributed by atoms with Crippen LogP contribution in [0.5, 0.6) is 5.75 Å². The number of hydrogen-bond donors (Lipinski definition) is 1. The summed E-state index contributed by atoms with van der Waals surface area (Å²) in [7, 11) is 5.85. The smallest absolute Gasteiger partial charge is 0.224 e. The van der Waals surface area contributed by atoms with Gasteiger partial charge in [0.05, 0.1) is 13.5 Å². The van der Waals surface area contributed by atoms with Gasteiger partial charge in [-0.2, -0.15) is 0 Å². The van der Waals surface area contributed by atoms with Gasteiger partial charge in [-0.25, -0.2) is 0 Å². The molecule has 1 aliphatic rings. The molecule has 4 nitrogen and oxygen atoms in total. The van der Waals surface area contributed by atoms with E-state index in [0.29, 0.717) is 18.4 Å². The minimum Gasteiger partial charge on any atom is -0.497 e. The Kier molecular flexibility index (Phi) is 6.25. The van der Waals surface area contributed by atoms with Gasteiger partial charge in [0.1, 0.15) is 5.75 Å². The maximum absolute atomic E-state index is 12.3. The number of methoxy groups -OCH3 is 1. The minimum absolute atomic E-state index is 0.126. The second-order valence-electron chi connectivity index (χ2n) is 6.51. The highest BCUT2D eigenvalue weighted by Gasteiger charge is 2.26. The number of ether oxygens (including phenoxy) is 1. The average Bonchev–Trinajstić information content (AvgIpc) is 2.49. The van der Waals surface area contributed by atoms with Crippen molar-refractivity contribution < 1.29 is 9.53 Å². The van der Waals surface area contributed by atoms with Gasteiger partial charge in [-0.1, -0.05) is 25.0 Å². The molecule has 0 aromatic heterocycles. The fourth-order valence-corrected chi connectivity index (χ4v) is 3.27. The predicted octanol–water partition coefficient (Wildman–Crippen LogP) is 2.47. The highest BCUT2D eigenvalue weighted by atomic mass is 16.5. The number of rotatable bonds is 6. The van der Waals surface area contributed by atoms with Crippen molar-refractivity contribution in [1.29, 1.82) is 0 Å². The van der Waals surface area contributed by atoms with Crippen LogP contribution in [0.2, 0.25) is 0 Å². The number of nitrogens with one attached hydrogen (secondary N) is 1. The lowest BCUT2D eigenvalue weighted by Gasteiger charge is -2.34. The van der Waals surface area contributed by atoms with E-state index in [1.807, 2.05) is 24.3 Å². The lowest BCUT2D eigenvalue weighted by Crippen LogP contribution is -2.45. The standard InChI is InChI=1S/C18H28N2O2/c1-20(2)13-15-6-4-5-7-17(15)19-18(21)12-14-8-10-16(22-3)11-9-14/h8-11,15,17H,4-7,12-13H2,1-3H3,(H,19,21). The summed E-state index contributed by atoms with van der Waals surface area (Å²) >= 11 is 0. The summed E-state index contributed by atoms with van der Waals surface area (Å²) < 4.78 is 5.14. The first-order chi connectivity index (χ1) is 10.6. The Balaban J connectivity index is 1.88. The van der Waals surface area contributed by atoms with Gasteiger partial charge in [0.2, 0.25) is 5.91 Å². The zero-order valence-electron chi connectivity index (χ0n) is 14.0. The van der Waals surface area contributed by atoms with Gasteiger partial charge in [0, 0.05) is 12.6 Å². The van der Waals surface area contributed by atoms with Gasteiger partial charge in [-0.05, 0) is 50.6 Å². The van der Waals surface area contributed by atoms with E-state index in [-0.39, 0.29) is 5.91 Å². The van der Waals surface area contributed by atoms with Gasteiger partial charge in [-0.15, -0.1) is 0 Å². The molecule has 2 atom stereocenters. The second kappa shape index (κ2) is 8.18. The molecule has 1 N–H and O–H groups in total. The summed E-state index contributed by atoms with van der Waals surface area (Å²) in [5.74, 6) is 1.52. The summed E-state index contributed by atoms with van der Waals surface area (Å²) in [4.78, 5) is 14.5. The Labute approximate surface area is 133 Å². The quantitative estimate of drug-likeness (QED) is 0.878. The molecule has 4 heteroatoms. The monoisotopic (exact) mass is 304 g/mol. The van der Waals surface area contributed by atoms with E-state index in [9.17, 15) is 4.79 Å². The maximum atomic E-state index is 12.3. The molecule has 22 heavy (non-hydrogen) atoms. The van der Waals surface area contributed by atoms with E-state index in [4.69, 9.17) is 4.74 Å². The fourth-order valence-electron chi connectivity index (χ4n) is 3.27. The summed E-state index contributed by atoms with van der Waals surface area (Å²) in [5, 5.41) is 3.25. The number of nitrogens with zero attached hydrogens (tertiary/aromatic N) is 1. The van der Waals surface area contributed by atoms with Crippen molar-refractivity contribution in [2.24, 2.45) is 5.92 Å². The van der Waals surface area contributed by atoms with Crippen molar-refractivity contribution in [2.45, 2.75) is 38.1 Å². The van der Waals surface area contributed by atoms with E-state index >= 15 is 0 Å². The molecule has 2 unspecified atom stereocenters. The number of hydrogen-bond acceptors (Lipinski definition) is 3. The molecule has 0 aliphatic heterocycles. The lowest BCUT2D eigenvalue weighted by molar-refractivity contribution is -0.121. The zero-order valence-corrected chi connectivity index (χ0v) is 14.0. The lowest BCUT2D eigenvalue weighted by atomic mass is 9.84. The first-order valence-corrected chi connectivity index (χ1v) is 8.15. The molecule has 0 heterocycles. The Bertz CT molecular complexity index is 470. The van der Waals surface area contributed by atoms with E-state index in [0.717, 1.165) is 24.3 Å². The van der Waals surface area contributed by atoms with E-state index in [1.165, 1.54) is 19.3 Å². The molecule has 1 aliphatic carbocycles. The van der Waals surface area contributed by atoms with E-state index in [1.54, 1.807) is 7.11 Å². The third-order valence-corrected chi connectivity index (χ3v) is 4.38. The van der Waals surface area contributed by atoms with Gasteiger partial charge in [0.15, 0.2) is 0 Å². The number of benzene rings is 1. The Morgan fingerprint density at radius 2 is 1.91 bits per heavy atom. The molecular formula is C18H28N2O2. The van der Waals surface area contributed by atoms with Crippen molar-refractivity contribution >= 4 is 5.91 Å². The molecule has 1 aromatic rings. The van der Waals surface area contributed by atoms with Crippen LogP contribution in [-0.4, -0.2) is 44.6 Å². The van der Waals surface area contributed by atoms with Crippen LogP contribution in [0.3, 0.4) is 0 Å². The van der Waals surface area contributed by atoms with Crippen LogP contribution in [0, 0.1) is 5.92 Å². The fraction of sp³-hybridized carbons (Fsp3) is 0.611. The highest BCUT2D eigenvalue weighted by Crippen LogP contribution is 2.25. The number of carbonyl (C=O) groups excluding carboxylic acids is 1. The minimum atomic E-state index is 0.126. The summed E-state index contributed by atoms with van der Waals surface area (Å²) in [6.45, 7) is 1.05.